The van der Waals surface area contributed by atoms with Crippen LogP contribution in [-0.4, -0.2) is 40.8 Å². The summed E-state index contributed by atoms with van der Waals surface area (Å²) < 4.78 is 2.00. The second-order valence-electron chi connectivity index (χ2n) is 7.20. The van der Waals surface area contributed by atoms with Crippen LogP contribution in [0, 0.1) is 0 Å². The molecule has 2 heterocycles. The molecule has 0 spiro atoms. The van der Waals surface area contributed by atoms with Gasteiger partial charge < -0.3 is 0 Å². The number of tetrazole rings is 1. The van der Waals surface area contributed by atoms with E-state index >= 15 is 0 Å². The number of thiocarbonyl (C=S) groups is 1. The van der Waals surface area contributed by atoms with E-state index in [9.17, 15) is 0 Å². The van der Waals surface area contributed by atoms with Crippen LogP contribution in [0.25, 0.3) is 22.5 Å². The number of nitrogens with zero attached hydrogens (tertiary/aromatic N) is 6. The van der Waals surface area contributed by atoms with Crippen molar-refractivity contribution in [1.82, 2.24) is 35.4 Å². The Kier molecular flexibility index (Phi) is 6.04. The molecular weight excluding hydrogens is 394 g/mol. The van der Waals surface area contributed by atoms with Gasteiger partial charge >= 0.3 is 0 Å². The maximum Gasteiger partial charge on any atom is 0.205 e. The van der Waals surface area contributed by atoms with Crippen LogP contribution >= 0.6 is 12.2 Å². The molecule has 4 rings (SSSR count). The average Bonchev–Trinajstić information content (AvgIpc) is 3.45. The molecule has 0 radical (unpaired) electrons. The van der Waals surface area contributed by atoms with E-state index in [0.29, 0.717) is 24.7 Å². The summed E-state index contributed by atoms with van der Waals surface area (Å²) in [5.74, 6) is 2.72. The van der Waals surface area contributed by atoms with Crippen molar-refractivity contribution in [3.05, 3.63) is 65.7 Å². The summed E-state index contributed by atoms with van der Waals surface area (Å²) in [6.45, 7) is 5.02. The molecular formula is C22H23N7S. The summed E-state index contributed by atoms with van der Waals surface area (Å²) in [6.07, 6.45) is 1.62. The van der Waals surface area contributed by atoms with Crippen molar-refractivity contribution in [3.63, 3.8) is 0 Å². The van der Waals surface area contributed by atoms with Gasteiger partial charge in [0.2, 0.25) is 5.82 Å². The van der Waals surface area contributed by atoms with Crippen molar-refractivity contribution in [1.29, 1.82) is 0 Å². The van der Waals surface area contributed by atoms with Crippen LogP contribution in [0.15, 0.2) is 48.5 Å². The van der Waals surface area contributed by atoms with E-state index in [1.165, 1.54) is 5.56 Å². The van der Waals surface area contributed by atoms with Gasteiger partial charge in [-0.05, 0) is 33.7 Å². The molecule has 0 fully saturated rings. The van der Waals surface area contributed by atoms with Gasteiger partial charge in [-0.2, -0.15) is 10.3 Å². The second kappa shape index (κ2) is 9.04. The van der Waals surface area contributed by atoms with Gasteiger partial charge in [0.25, 0.3) is 0 Å². The van der Waals surface area contributed by atoms with Gasteiger partial charge in [-0.25, -0.2) is 9.67 Å². The highest BCUT2D eigenvalue weighted by molar-refractivity contribution is 7.78. The van der Waals surface area contributed by atoms with Gasteiger partial charge in [-0.3, -0.25) is 0 Å². The molecule has 1 unspecified atom stereocenters. The smallest absolute Gasteiger partial charge is 0.205 e. The van der Waals surface area contributed by atoms with Crippen molar-refractivity contribution in [2.24, 2.45) is 0 Å². The van der Waals surface area contributed by atoms with Crippen LogP contribution in [0.4, 0.5) is 0 Å². The van der Waals surface area contributed by atoms with Crippen LogP contribution in [0.2, 0.25) is 0 Å². The molecule has 0 saturated carbocycles. The van der Waals surface area contributed by atoms with E-state index in [-0.39, 0.29) is 0 Å². The Bertz CT molecular complexity index is 1120. The lowest BCUT2D eigenvalue weighted by molar-refractivity contribution is 0.575. The number of H-pyrrole nitrogens is 1. The largest absolute Gasteiger partial charge is 0.245 e. The Hall–Kier alpha value is -3.26. The molecule has 0 aliphatic rings. The van der Waals surface area contributed by atoms with Crippen molar-refractivity contribution in [2.45, 2.75) is 39.2 Å². The summed E-state index contributed by atoms with van der Waals surface area (Å²) in [5.41, 5.74) is 4.27. The normalized spacial score (nSPS) is 12.1. The zero-order valence-corrected chi connectivity index (χ0v) is 17.8. The lowest BCUT2D eigenvalue weighted by Gasteiger charge is -2.11. The maximum absolute atomic E-state index is 4.98. The number of rotatable bonds is 8. The summed E-state index contributed by atoms with van der Waals surface area (Å²) in [5, 5.41) is 20.8. The third-order valence-electron chi connectivity index (χ3n) is 5.17. The van der Waals surface area contributed by atoms with Crippen molar-refractivity contribution >= 4 is 17.6 Å². The molecule has 0 aliphatic carbocycles. The Morgan fingerprint density at radius 2 is 1.87 bits per heavy atom. The van der Waals surface area contributed by atoms with E-state index in [2.05, 4.69) is 69.9 Å². The lowest BCUT2D eigenvalue weighted by atomic mass is 9.98. The Balaban J connectivity index is 1.61. The molecule has 1 N–H and O–H groups in total. The molecule has 2 aromatic carbocycles. The van der Waals surface area contributed by atoms with Crippen LogP contribution < -0.4 is 0 Å². The summed E-state index contributed by atoms with van der Waals surface area (Å²) >= 11 is 4.98. The van der Waals surface area contributed by atoms with Crippen molar-refractivity contribution in [2.75, 3.05) is 0 Å². The SMILES string of the molecule is CCC(C)c1nc(CC=S)nn1Cc1ccc(-c2ccccc2-c2nn[nH]n2)cc1. The summed E-state index contributed by atoms with van der Waals surface area (Å²) in [4.78, 5) is 4.70. The van der Waals surface area contributed by atoms with Gasteiger partial charge in [-0.1, -0.05) is 74.6 Å². The second-order valence-corrected chi connectivity index (χ2v) is 7.54. The molecule has 8 heteroatoms. The van der Waals surface area contributed by atoms with Gasteiger partial charge in [0.1, 0.15) is 5.82 Å². The fourth-order valence-electron chi connectivity index (χ4n) is 3.40. The predicted molar refractivity (Wildman–Crippen MR) is 120 cm³/mol. The molecule has 2 aromatic heterocycles. The topological polar surface area (TPSA) is 85.2 Å². The van der Waals surface area contributed by atoms with Gasteiger partial charge in [0.15, 0.2) is 5.82 Å². The van der Waals surface area contributed by atoms with E-state index in [1.54, 1.807) is 5.37 Å². The Labute approximate surface area is 180 Å². The first-order valence-corrected chi connectivity index (χ1v) is 10.5. The van der Waals surface area contributed by atoms with Crippen LogP contribution in [0.3, 0.4) is 0 Å². The number of aromatic amines is 1. The van der Waals surface area contributed by atoms with Gasteiger partial charge in [0.05, 0.1) is 6.54 Å². The fraction of sp³-hybridized carbons (Fsp3) is 0.273. The quantitative estimate of drug-likeness (QED) is 0.432. The minimum atomic E-state index is 0.345. The van der Waals surface area contributed by atoms with Gasteiger partial charge in [0, 0.05) is 17.9 Å². The predicted octanol–water partition coefficient (Wildman–Crippen LogP) is 4.23. The maximum atomic E-state index is 4.98. The molecule has 0 amide bonds. The molecule has 30 heavy (non-hydrogen) atoms. The van der Waals surface area contributed by atoms with E-state index in [0.717, 1.165) is 34.8 Å². The van der Waals surface area contributed by atoms with Crippen LogP contribution in [0.1, 0.15) is 43.4 Å². The number of benzene rings is 2. The average molecular weight is 418 g/mol. The van der Waals surface area contributed by atoms with Crippen molar-refractivity contribution < 1.29 is 0 Å². The first-order chi connectivity index (χ1) is 14.7. The zero-order chi connectivity index (χ0) is 20.9. The first-order valence-electron chi connectivity index (χ1n) is 9.99. The molecule has 0 aliphatic heterocycles. The molecule has 0 bridgehead atoms. The van der Waals surface area contributed by atoms with Crippen LogP contribution in [0.5, 0.6) is 0 Å². The molecule has 1 atom stereocenters. The Morgan fingerprint density at radius 1 is 1.10 bits per heavy atom. The van der Waals surface area contributed by atoms with Crippen LogP contribution in [-0.2, 0) is 13.0 Å². The Morgan fingerprint density at radius 3 is 2.53 bits per heavy atom. The van der Waals surface area contributed by atoms with E-state index in [1.807, 2.05) is 22.9 Å². The fourth-order valence-corrected chi connectivity index (χ4v) is 3.54. The highest BCUT2D eigenvalue weighted by Gasteiger charge is 2.15. The number of nitrogens with one attached hydrogen (secondary N) is 1. The number of hydrogen-bond donors (Lipinski definition) is 1. The minimum absolute atomic E-state index is 0.345. The van der Waals surface area contributed by atoms with Gasteiger partial charge in [-0.15, -0.1) is 10.2 Å². The number of aromatic nitrogens is 7. The van der Waals surface area contributed by atoms with E-state index in [4.69, 9.17) is 17.2 Å². The highest BCUT2D eigenvalue weighted by Crippen LogP contribution is 2.30. The third-order valence-corrected chi connectivity index (χ3v) is 5.34. The third kappa shape index (κ3) is 4.18. The molecule has 0 saturated heterocycles. The lowest BCUT2D eigenvalue weighted by Crippen LogP contribution is -2.09. The zero-order valence-electron chi connectivity index (χ0n) is 17.0. The number of hydrogen-bond acceptors (Lipinski definition) is 6. The first kappa shape index (κ1) is 20.0. The highest BCUT2D eigenvalue weighted by atomic mass is 32.1. The van der Waals surface area contributed by atoms with E-state index < -0.39 is 0 Å². The summed E-state index contributed by atoms with van der Waals surface area (Å²) in [6, 6.07) is 16.5. The molecule has 7 nitrogen and oxygen atoms in total. The minimum Gasteiger partial charge on any atom is -0.245 e. The van der Waals surface area contributed by atoms with Crippen molar-refractivity contribution in [3.8, 4) is 22.5 Å². The standard InChI is InChI=1S/C22H23N7S/c1-3-15(2)22-23-20(12-13-30)26-29(22)14-16-8-10-17(11-9-16)18-6-4-5-7-19(18)21-24-27-28-25-21/h4-11,13,15H,3,12,14H2,1-2H3,(H,24,25,27,28). The summed E-state index contributed by atoms with van der Waals surface area (Å²) in [7, 11) is 0. The monoisotopic (exact) mass is 417 g/mol. The molecule has 4 aromatic rings. The molecule has 152 valence electrons.